The lowest BCUT2D eigenvalue weighted by Gasteiger charge is -2.39. The van der Waals surface area contributed by atoms with Crippen LogP contribution >= 0.6 is 0 Å². The number of hydrogen-bond acceptors (Lipinski definition) is 4. The predicted molar refractivity (Wildman–Crippen MR) is 130 cm³/mol. The number of alkyl halides is 3. The van der Waals surface area contributed by atoms with E-state index in [1.54, 1.807) is 0 Å². The molecule has 0 saturated carbocycles. The van der Waals surface area contributed by atoms with Crippen molar-refractivity contribution in [3.05, 3.63) is 95.1 Å². The normalized spacial score (nSPS) is 19.2. The van der Waals surface area contributed by atoms with Gasteiger partial charge < -0.3 is 4.74 Å². The van der Waals surface area contributed by atoms with Gasteiger partial charge in [0.2, 0.25) is 10.0 Å². The second kappa shape index (κ2) is 9.88. The minimum Gasteiger partial charge on any atom is -0.406 e. The van der Waals surface area contributed by atoms with E-state index in [0.717, 1.165) is 50.1 Å². The second-order valence-corrected chi connectivity index (χ2v) is 11.0. The number of rotatable bonds is 5. The van der Waals surface area contributed by atoms with E-state index in [1.165, 1.54) is 22.3 Å². The lowest BCUT2D eigenvalue weighted by Crippen LogP contribution is -2.49. The molecule has 0 spiro atoms. The van der Waals surface area contributed by atoms with Crippen LogP contribution in [-0.2, 0) is 22.9 Å². The zero-order valence-electron chi connectivity index (χ0n) is 19.5. The number of likely N-dealkylation sites (tertiary alicyclic amines) is 1. The van der Waals surface area contributed by atoms with Crippen LogP contribution in [0.3, 0.4) is 0 Å². The molecule has 1 heterocycles. The highest BCUT2D eigenvalue weighted by atomic mass is 32.2. The molecule has 1 aliphatic heterocycles. The van der Waals surface area contributed by atoms with Crippen molar-refractivity contribution in [2.45, 2.75) is 49.0 Å². The van der Waals surface area contributed by atoms with Gasteiger partial charge in [-0.05, 0) is 78.7 Å². The highest BCUT2D eigenvalue weighted by molar-refractivity contribution is 7.89. The van der Waals surface area contributed by atoms with Crippen LogP contribution < -0.4 is 9.46 Å². The smallest absolute Gasteiger partial charge is 0.406 e. The van der Waals surface area contributed by atoms with E-state index in [1.807, 2.05) is 0 Å². The van der Waals surface area contributed by atoms with E-state index in [2.05, 4.69) is 62.9 Å². The van der Waals surface area contributed by atoms with Crippen LogP contribution in [-0.4, -0.2) is 38.8 Å². The topological polar surface area (TPSA) is 58.6 Å². The average molecular weight is 517 g/mol. The summed E-state index contributed by atoms with van der Waals surface area (Å²) in [7, 11) is -3.92. The fourth-order valence-electron chi connectivity index (χ4n) is 5.33. The lowest BCUT2D eigenvalue weighted by atomic mass is 9.91. The fraction of sp³-hybridized carbons (Fsp3) is 0.333. The SMILES string of the molecule is O=S(=O)(N[C@@H]1CCCN(C2c3ccccc3CCc3ccccc32)C1)c1ccc(OC(F)(F)F)cc1. The van der Waals surface area contributed by atoms with E-state index >= 15 is 0 Å². The molecule has 1 atom stereocenters. The zero-order chi connectivity index (χ0) is 25.3. The van der Waals surface area contributed by atoms with Gasteiger partial charge in [0, 0.05) is 12.6 Å². The van der Waals surface area contributed by atoms with Gasteiger partial charge in [-0.15, -0.1) is 13.2 Å². The molecule has 1 saturated heterocycles. The van der Waals surface area contributed by atoms with Crippen LogP contribution in [0.2, 0.25) is 0 Å². The van der Waals surface area contributed by atoms with Crippen LogP contribution in [0.1, 0.15) is 41.1 Å². The van der Waals surface area contributed by atoms with Crippen molar-refractivity contribution in [3.8, 4) is 5.75 Å². The van der Waals surface area contributed by atoms with Gasteiger partial charge in [-0.2, -0.15) is 0 Å². The van der Waals surface area contributed by atoms with Gasteiger partial charge >= 0.3 is 6.36 Å². The van der Waals surface area contributed by atoms with Gasteiger partial charge in [0.15, 0.2) is 0 Å². The number of ether oxygens (including phenoxy) is 1. The van der Waals surface area contributed by atoms with Crippen molar-refractivity contribution in [1.29, 1.82) is 0 Å². The molecule has 3 aromatic carbocycles. The molecule has 190 valence electrons. The minimum atomic E-state index is -4.83. The summed E-state index contributed by atoms with van der Waals surface area (Å²) in [5.41, 5.74) is 5.13. The molecule has 36 heavy (non-hydrogen) atoms. The molecule has 5 nitrogen and oxygen atoms in total. The lowest BCUT2D eigenvalue weighted by molar-refractivity contribution is -0.274. The molecule has 9 heteroatoms. The Kier molecular flexibility index (Phi) is 6.80. The van der Waals surface area contributed by atoms with Crippen LogP contribution in [0.4, 0.5) is 13.2 Å². The molecule has 3 aromatic rings. The van der Waals surface area contributed by atoms with Gasteiger partial charge in [-0.3, -0.25) is 4.90 Å². The molecule has 0 radical (unpaired) electrons. The Labute approximate surface area is 208 Å². The van der Waals surface area contributed by atoms with E-state index < -0.39 is 22.1 Å². The quantitative estimate of drug-likeness (QED) is 0.506. The van der Waals surface area contributed by atoms with Crippen molar-refractivity contribution in [1.82, 2.24) is 9.62 Å². The Hall–Kier alpha value is -2.88. The van der Waals surface area contributed by atoms with E-state index in [0.29, 0.717) is 13.0 Å². The molecule has 2 aliphatic rings. The van der Waals surface area contributed by atoms with Gasteiger partial charge in [-0.1, -0.05) is 48.5 Å². The molecule has 5 rings (SSSR count). The number of sulfonamides is 1. The first-order valence-corrected chi connectivity index (χ1v) is 13.5. The van der Waals surface area contributed by atoms with Gasteiger partial charge in [0.25, 0.3) is 0 Å². The van der Waals surface area contributed by atoms with Crippen LogP contribution in [0.15, 0.2) is 77.7 Å². The summed E-state index contributed by atoms with van der Waals surface area (Å²) in [6.45, 7) is 1.37. The summed E-state index contributed by atoms with van der Waals surface area (Å²) in [5.74, 6) is -0.462. The van der Waals surface area contributed by atoms with Crippen molar-refractivity contribution >= 4 is 10.0 Å². The van der Waals surface area contributed by atoms with Crippen molar-refractivity contribution in [2.24, 2.45) is 0 Å². The van der Waals surface area contributed by atoms with E-state index in [9.17, 15) is 21.6 Å². The monoisotopic (exact) mass is 516 g/mol. The Balaban J connectivity index is 1.37. The molecule has 0 bridgehead atoms. The van der Waals surface area contributed by atoms with E-state index in [4.69, 9.17) is 0 Å². The van der Waals surface area contributed by atoms with Gasteiger partial charge in [-0.25, -0.2) is 13.1 Å². The van der Waals surface area contributed by atoms with Crippen LogP contribution in [0.5, 0.6) is 5.75 Å². The summed E-state index contributed by atoms with van der Waals surface area (Å²) < 4.78 is 70.0. The molecule has 0 aromatic heterocycles. The number of hydrogen-bond donors (Lipinski definition) is 1. The second-order valence-electron chi connectivity index (χ2n) is 9.27. The number of nitrogens with one attached hydrogen (secondary N) is 1. The third-order valence-corrected chi connectivity index (χ3v) is 8.41. The maximum atomic E-state index is 13.0. The minimum absolute atomic E-state index is 0.0333. The molecule has 0 amide bonds. The molecule has 1 aliphatic carbocycles. The standard InChI is InChI=1S/C27H27F3N2O3S/c28-27(29,30)35-22-13-15-23(16-14-22)36(33,34)31-21-8-5-17-32(18-21)26-24-9-3-1-6-19(24)11-12-20-7-2-4-10-25(20)26/h1-4,6-7,9-10,13-16,21,26,31H,5,8,11-12,17-18H2/t21-/m1/s1. The summed E-state index contributed by atoms with van der Waals surface area (Å²) in [5, 5.41) is 0. The predicted octanol–water partition coefficient (Wildman–Crippen LogP) is 5.22. The largest absolute Gasteiger partial charge is 0.573 e. The van der Waals surface area contributed by atoms with Crippen LogP contribution in [0, 0.1) is 0 Å². The zero-order valence-corrected chi connectivity index (χ0v) is 20.4. The summed E-state index contributed by atoms with van der Waals surface area (Å²) in [6, 6.07) is 20.9. The number of benzene rings is 3. The first-order chi connectivity index (χ1) is 17.2. The number of fused-ring (bicyclic) bond motifs is 2. The third-order valence-electron chi connectivity index (χ3n) is 6.87. The van der Waals surface area contributed by atoms with Crippen molar-refractivity contribution < 1.29 is 26.3 Å². The molecular formula is C27H27F3N2O3S. The Bertz CT molecular complexity index is 1280. The third kappa shape index (κ3) is 5.43. The summed E-state index contributed by atoms with van der Waals surface area (Å²) in [6.07, 6.45) is -1.41. The van der Waals surface area contributed by atoms with Crippen LogP contribution in [0.25, 0.3) is 0 Å². The number of piperidine rings is 1. The molecule has 1 fully saturated rings. The van der Waals surface area contributed by atoms with E-state index in [-0.39, 0.29) is 17.0 Å². The first-order valence-electron chi connectivity index (χ1n) is 12.0. The average Bonchev–Trinajstić information content (AvgIpc) is 3.00. The number of aryl methyl sites for hydroxylation is 2. The first kappa shape index (κ1) is 24.8. The number of nitrogens with zero attached hydrogens (tertiary/aromatic N) is 1. The fourth-order valence-corrected chi connectivity index (χ4v) is 6.59. The summed E-state index contributed by atoms with van der Waals surface area (Å²) >= 11 is 0. The van der Waals surface area contributed by atoms with Gasteiger partial charge in [0.1, 0.15) is 5.75 Å². The number of halogens is 3. The Morgan fingerprint density at radius 1 is 0.861 bits per heavy atom. The molecule has 0 unspecified atom stereocenters. The Morgan fingerprint density at radius 2 is 1.44 bits per heavy atom. The Morgan fingerprint density at radius 3 is 2.03 bits per heavy atom. The maximum absolute atomic E-state index is 13.0. The molecule has 1 N–H and O–H groups in total. The van der Waals surface area contributed by atoms with Crippen molar-refractivity contribution in [2.75, 3.05) is 13.1 Å². The highest BCUT2D eigenvalue weighted by Gasteiger charge is 2.34. The highest BCUT2D eigenvalue weighted by Crippen LogP contribution is 2.38. The summed E-state index contributed by atoms with van der Waals surface area (Å²) in [4.78, 5) is 2.25. The maximum Gasteiger partial charge on any atom is 0.573 e. The van der Waals surface area contributed by atoms with Crippen molar-refractivity contribution in [3.63, 3.8) is 0 Å². The molecular weight excluding hydrogens is 489 g/mol. The van der Waals surface area contributed by atoms with Gasteiger partial charge in [0.05, 0.1) is 10.9 Å².